The van der Waals surface area contributed by atoms with E-state index in [1.807, 2.05) is 4.90 Å². The topological polar surface area (TPSA) is 49.9 Å². The second-order valence-corrected chi connectivity index (χ2v) is 7.53. The lowest BCUT2D eigenvalue weighted by molar-refractivity contribution is -0.136. The maximum absolute atomic E-state index is 13.4. The number of rotatable bonds is 3. The monoisotopic (exact) mass is 352 g/mol. The Morgan fingerprint density at radius 3 is 2.71 bits per heavy atom. The lowest BCUT2D eigenvalue weighted by Crippen LogP contribution is -2.54. The maximum atomic E-state index is 13.4. The summed E-state index contributed by atoms with van der Waals surface area (Å²) >= 11 is 1.77. The third-order valence-electron chi connectivity index (χ3n) is 4.66. The standard InChI is InChI=1S/C17H21FN2O3S/c1-23-12-15(21)19-7-5-17(6-8-19)20(9-10-24-17)16(22)13-3-2-4-14(18)11-13/h2-4,11H,5-10,12H2,1H3. The number of piperidine rings is 1. The average molecular weight is 352 g/mol. The number of thioether (sulfide) groups is 1. The summed E-state index contributed by atoms with van der Waals surface area (Å²) in [6.07, 6.45) is 1.46. The molecule has 0 atom stereocenters. The Kier molecular flexibility index (Phi) is 5.10. The molecular weight excluding hydrogens is 331 g/mol. The first-order valence-corrected chi connectivity index (χ1v) is 9.02. The summed E-state index contributed by atoms with van der Waals surface area (Å²) in [5, 5.41) is 0. The summed E-state index contributed by atoms with van der Waals surface area (Å²) in [5.41, 5.74) is 0.384. The van der Waals surface area contributed by atoms with Crippen LogP contribution in [0.5, 0.6) is 0 Å². The van der Waals surface area contributed by atoms with Gasteiger partial charge in [0.15, 0.2) is 0 Å². The molecule has 3 rings (SSSR count). The van der Waals surface area contributed by atoms with Crippen molar-refractivity contribution in [3.8, 4) is 0 Å². The molecule has 0 aliphatic carbocycles. The highest BCUT2D eigenvalue weighted by molar-refractivity contribution is 8.00. The number of hydrogen-bond acceptors (Lipinski definition) is 4. The van der Waals surface area contributed by atoms with Crippen molar-refractivity contribution in [3.63, 3.8) is 0 Å². The number of hydrogen-bond donors (Lipinski definition) is 0. The van der Waals surface area contributed by atoms with E-state index in [1.165, 1.54) is 19.2 Å². The number of carbonyl (C=O) groups is 2. The van der Waals surface area contributed by atoms with Crippen molar-refractivity contribution in [2.75, 3.05) is 39.1 Å². The van der Waals surface area contributed by atoms with Gasteiger partial charge >= 0.3 is 0 Å². The number of benzene rings is 1. The lowest BCUT2D eigenvalue weighted by atomic mass is 10.0. The molecule has 2 aliphatic heterocycles. The third-order valence-corrected chi connectivity index (χ3v) is 6.21. The Morgan fingerprint density at radius 1 is 1.29 bits per heavy atom. The zero-order chi connectivity index (χ0) is 17.2. The molecule has 0 bridgehead atoms. The fourth-order valence-electron chi connectivity index (χ4n) is 3.41. The fourth-order valence-corrected chi connectivity index (χ4v) is 4.86. The molecule has 0 saturated carbocycles. The van der Waals surface area contributed by atoms with Crippen LogP contribution in [0.1, 0.15) is 23.2 Å². The van der Waals surface area contributed by atoms with Crippen LogP contribution in [-0.4, -0.2) is 65.6 Å². The fraction of sp³-hybridized carbons (Fsp3) is 0.529. The number of methoxy groups -OCH3 is 1. The van der Waals surface area contributed by atoms with E-state index in [1.54, 1.807) is 28.8 Å². The summed E-state index contributed by atoms with van der Waals surface area (Å²) in [5.74, 6) is 0.323. The minimum Gasteiger partial charge on any atom is -0.375 e. The lowest BCUT2D eigenvalue weighted by Gasteiger charge is -2.44. The third kappa shape index (κ3) is 3.28. The van der Waals surface area contributed by atoms with Crippen molar-refractivity contribution >= 4 is 23.6 Å². The number of nitrogens with zero attached hydrogens (tertiary/aromatic N) is 2. The van der Waals surface area contributed by atoms with E-state index in [0.29, 0.717) is 25.2 Å². The van der Waals surface area contributed by atoms with Crippen LogP contribution in [0.3, 0.4) is 0 Å². The van der Waals surface area contributed by atoms with Crippen LogP contribution >= 0.6 is 11.8 Å². The van der Waals surface area contributed by atoms with Gasteiger partial charge in [0.05, 0.1) is 4.87 Å². The first-order valence-electron chi connectivity index (χ1n) is 8.04. The molecule has 2 aliphatic rings. The number of carbonyl (C=O) groups excluding carboxylic acids is 2. The number of amides is 2. The van der Waals surface area contributed by atoms with E-state index < -0.39 is 5.82 Å². The molecule has 5 nitrogen and oxygen atoms in total. The van der Waals surface area contributed by atoms with E-state index in [2.05, 4.69) is 0 Å². The van der Waals surface area contributed by atoms with E-state index in [-0.39, 0.29) is 23.3 Å². The van der Waals surface area contributed by atoms with Gasteiger partial charge in [0.2, 0.25) is 5.91 Å². The first-order chi connectivity index (χ1) is 11.6. The zero-order valence-corrected chi connectivity index (χ0v) is 14.5. The van der Waals surface area contributed by atoms with Gasteiger partial charge in [-0.25, -0.2) is 4.39 Å². The van der Waals surface area contributed by atoms with Gasteiger partial charge in [0, 0.05) is 38.1 Å². The summed E-state index contributed by atoms with van der Waals surface area (Å²) < 4.78 is 18.3. The van der Waals surface area contributed by atoms with E-state index >= 15 is 0 Å². The Labute approximate surface area is 145 Å². The largest absolute Gasteiger partial charge is 0.375 e. The Balaban J connectivity index is 1.72. The summed E-state index contributed by atoms with van der Waals surface area (Å²) in [6.45, 7) is 1.97. The van der Waals surface area contributed by atoms with Crippen LogP contribution in [0.2, 0.25) is 0 Å². The molecule has 2 saturated heterocycles. The minimum absolute atomic E-state index is 0.0154. The van der Waals surface area contributed by atoms with Gasteiger partial charge in [-0.15, -0.1) is 11.8 Å². The van der Waals surface area contributed by atoms with Crippen LogP contribution in [0.25, 0.3) is 0 Å². The number of likely N-dealkylation sites (tertiary alicyclic amines) is 1. The van der Waals surface area contributed by atoms with E-state index in [0.717, 1.165) is 18.6 Å². The van der Waals surface area contributed by atoms with Gasteiger partial charge in [-0.1, -0.05) is 6.07 Å². The van der Waals surface area contributed by atoms with Crippen molar-refractivity contribution in [2.24, 2.45) is 0 Å². The predicted octanol–water partition coefficient (Wildman–Crippen LogP) is 1.98. The van der Waals surface area contributed by atoms with Crippen molar-refractivity contribution in [3.05, 3.63) is 35.6 Å². The SMILES string of the molecule is COCC(=O)N1CCC2(CC1)SCCN2C(=O)c1cccc(F)c1. The van der Waals surface area contributed by atoms with Crippen molar-refractivity contribution in [1.82, 2.24) is 9.80 Å². The van der Waals surface area contributed by atoms with E-state index in [9.17, 15) is 14.0 Å². The molecule has 0 aromatic heterocycles. The highest BCUT2D eigenvalue weighted by Gasteiger charge is 2.47. The van der Waals surface area contributed by atoms with Gasteiger partial charge < -0.3 is 14.5 Å². The zero-order valence-electron chi connectivity index (χ0n) is 13.7. The molecule has 2 fully saturated rings. The highest BCUT2D eigenvalue weighted by atomic mass is 32.2. The molecule has 0 N–H and O–H groups in total. The molecule has 1 spiro atoms. The molecule has 7 heteroatoms. The van der Waals surface area contributed by atoms with Gasteiger partial charge in [0.1, 0.15) is 12.4 Å². The first kappa shape index (κ1) is 17.2. The smallest absolute Gasteiger partial charge is 0.255 e. The number of ether oxygens (including phenoxy) is 1. The molecule has 2 amide bonds. The average Bonchev–Trinajstić information content (AvgIpc) is 2.98. The normalized spacial score (nSPS) is 19.8. The Bertz CT molecular complexity index is 632. The Hall–Kier alpha value is -1.60. The van der Waals surface area contributed by atoms with Gasteiger partial charge in [-0.2, -0.15) is 0 Å². The van der Waals surface area contributed by atoms with Gasteiger partial charge in [0.25, 0.3) is 5.91 Å². The summed E-state index contributed by atoms with van der Waals surface area (Å²) in [6, 6.07) is 5.84. The van der Waals surface area contributed by atoms with Crippen LogP contribution in [0.15, 0.2) is 24.3 Å². The predicted molar refractivity (Wildman–Crippen MR) is 90.3 cm³/mol. The van der Waals surface area contributed by atoms with Gasteiger partial charge in [-0.3, -0.25) is 9.59 Å². The highest BCUT2D eigenvalue weighted by Crippen LogP contribution is 2.44. The van der Waals surface area contributed by atoms with Crippen molar-refractivity contribution in [1.29, 1.82) is 0 Å². The molecule has 130 valence electrons. The second kappa shape index (κ2) is 7.11. The van der Waals surface area contributed by atoms with E-state index in [4.69, 9.17) is 4.74 Å². The van der Waals surface area contributed by atoms with Crippen LogP contribution in [0, 0.1) is 5.82 Å². The Morgan fingerprint density at radius 2 is 2.04 bits per heavy atom. The van der Waals surface area contributed by atoms with Crippen LogP contribution < -0.4 is 0 Å². The van der Waals surface area contributed by atoms with Crippen LogP contribution in [0.4, 0.5) is 4.39 Å². The van der Waals surface area contributed by atoms with Crippen molar-refractivity contribution in [2.45, 2.75) is 17.7 Å². The minimum atomic E-state index is -0.401. The van der Waals surface area contributed by atoms with Crippen molar-refractivity contribution < 1.29 is 18.7 Å². The van der Waals surface area contributed by atoms with Gasteiger partial charge in [-0.05, 0) is 31.0 Å². The molecule has 0 radical (unpaired) electrons. The molecular formula is C17H21FN2O3S. The number of halogens is 1. The molecule has 1 aromatic rings. The second-order valence-electron chi connectivity index (χ2n) is 6.08. The molecule has 0 unspecified atom stereocenters. The molecule has 1 aromatic carbocycles. The summed E-state index contributed by atoms with van der Waals surface area (Å²) in [7, 11) is 1.51. The maximum Gasteiger partial charge on any atom is 0.255 e. The van der Waals surface area contributed by atoms with Crippen LogP contribution in [-0.2, 0) is 9.53 Å². The quantitative estimate of drug-likeness (QED) is 0.835. The molecule has 24 heavy (non-hydrogen) atoms. The summed E-state index contributed by atoms with van der Waals surface area (Å²) in [4.78, 5) is 28.2. The molecule has 2 heterocycles.